The van der Waals surface area contributed by atoms with E-state index in [1.165, 1.54) is 23.3 Å². The van der Waals surface area contributed by atoms with Crippen molar-refractivity contribution >= 4 is 32.5 Å². The molecule has 0 fully saturated rings. The van der Waals surface area contributed by atoms with E-state index in [0.717, 1.165) is 29.9 Å². The first-order valence-electron chi connectivity index (χ1n) is 13.6. The Morgan fingerprint density at radius 3 is 2.10 bits per heavy atom. The predicted octanol–water partition coefficient (Wildman–Crippen LogP) is 6.30. The molecule has 0 saturated carbocycles. The molecule has 5 rings (SSSR count). The van der Waals surface area contributed by atoms with E-state index in [1.54, 1.807) is 23.2 Å². The van der Waals surface area contributed by atoms with Gasteiger partial charge in [-0.3, -0.25) is 10.3 Å². The van der Waals surface area contributed by atoms with Crippen molar-refractivity contribution in [2.45, 2.75) is 23.7 Å². The summed E-state index contributed by atoms with van der Waals surface area (Å²) in [5, 5.41) is 3.29. The minimum absolute atomic E-state index is 0.126. The van der Waals surface area contributed by atoms with Gasteiger partial charge in [-0.05, 0) is 53.9 Å². The molecule has 2 heterocycles. The highest BCUT2D eigenvalue weighted by molar-refractivity contribution is 7.90. The Morgan fingerprint density at radius 1 is 0.857 bits per heavy atom. The molecule has 0 aliphatic heterocycles. The van der Waals surface area contributed by atoms with Crippen molar-refractivity contribution in [2.24, 2.45) is 0 Å². The fourth-order valence-corrected chi connectivity index (χ4v) is 5.91. The van der Waals surface area contributed by atoms with Crippen LogP contribution < -0.4 is 5.32 Å². The number of amides is 2. The van der Waals surface area contributed by atoms with Crippen LogP contribution in [-0.2, 0) is 16.3 Å². The van der Waals surface area contributed by atoms with E-state index in [0.29, 0.717) is 36.0 Å². The summed E-state index contributed by atoms with van der Waals surface area (Å²) >= 11 is 1.08. The molecule has 0 bridgehead atoms. The third kappa shape index (κ3) is 7.65. The Morgan fingerprint density at radius 2 is 1.50 bits per heavy atom. The first-order valence-corrected chi connectivity index (χ1v) is 16.2. The average molecular weight is 598 g/mol. The number of pyridine rings is 1. The molecule has 3 aromatic carbocycles. The van der Waals surface area contributed by atoms with Gasteiger partial charge in [-0.25, -0.2) is 13.2 Å². The minimum atomic E-state index is -3.30. The summed E-state index contributed by atoms with van der Waals surface area (Å²) in [7, 11) is -3.30. The van der Waals surface area contributed by atoms with Gasteiger partial charge in [0, 0.05) is 60.7 Å². The molecular formula is C32H31N5O3S2. The Labute approximate surface area is 250 Å². The number of aromatic nitrogens is 3. The number of carbonyl (C=O) groups is 1. The van der Waals surface area contributed by atoms with Crippen LogP contribution in [0.2, 0.25) is 0 Å². The van der Waals surface area contributed by atoms with Gasteiger partial charge in [0.1, 0.15) is 0 Å². The average Bonchev–Trinajstić information content (AvgIpc) is 3.48. The van der Waals surface area contributed by atoms with Crippen LogP contribution in [0, 0.1) is 0 Å². The van der Waals surface area contributed by atoms with Gasteiger partial charge in [0.2, 0.25) is 5.13 Å². The second-order valence-electron chi connectivity index (χ2n) is 9.87. The number of rotatable bonds is 11. The number of anilines is 1. The van der Waals surface area contributed by atoms with E-state index in [2.05, 4.69) is 43.9 Å². The molecule has 2 aromatic heterocycles. The number of nitrogens with zero attached hydrogens (tertiary/aromatic N) is 4. The normalized spacial score (nSPS) is 11.4. The quantitative estimate of drug-likeness (QED) is 0.192. The molecule has 0 aliphatic carbocycles. The molecule has 0 aliphatic rings. The van der Waals surface area contributed by atoms with Crippen molar-refractivity contribution in [3.63, 3.8) is 0 Å². The number of hydrogen-bond acceptors (Lipinski definition) is 7. The zero-order valence-electron chi connectivity index (χ0n) is 23.1. The fraction of sp³-hybridized carbons (Fsp3) is 0.188. The van der Waals surface area contributed by atoms with Gasteiger partial charge in [-0.1, -0.05) is 66.7 Å². The highest BCUT2D eigenvalue weighted by atomic mass is 32.2. The number of hydrogen-bond donors (Lipinski definition) is 1. The van der Waals surface area contributed by atoms with E-state index in [9.17, 15) is 13.2 Å². The molecule has 10 heteroatoms. The lowest BCUT2D eigenvalue weighted by molar-refractivity contribution is 0.210. The Bertz CT molecular complexity index is 1660. The third-order valence-corrected chi connectivity index (χ3v) is 8.68. The number of nitrogens with one attached hydrogen (secondary N) is 1. The zero-order valence-corrected chi connectivity index (χ0v) is 24.8. The smallest absolute Gasteiger partial charge is 0.323 e. The molecule has 0 radical (unpaired) electrons. The molecule has 0 atom stereocenters. The largest absolute Gasteiger partial charge is 0.324 e. The number of benzene rings is 3. The molecule has 0 unspecified atom stereocenters. The standard InChI is InChI=1S/C32H31N5O3S2/c1-42(39,40)28-17-15-26(16-18-28)30-34-31(41-36-30)35-32(38)37(22-19-27-14-8-9-21-33-27)23-20-29(24-10-4-2-5-11-24)25-12-6-3-7-13-25/h2-18,21,29H,19-20,22-23H2,1H3,(H,34,35,36,38). The summed E-state index contributed by atoms with van der Waals surface area (Å²) in [6.07, 6.45) is 4.27. The molecule has 0 saturated heterocycles. The van der Waals surface area contributed by atoms with Crippen LogP contribution in [-0.4, -0.2) is 53.0 Å². The second kappa shape index (κ2) is 13.5. The molecule has 5 aromatic rings. The Hall–Kier alpha value is -4.41. The van der Waals surface area contributed by atoms with E-state index in [1.807, 2.05) is 54.6 Å². The van der Waals surface area contributed by atoms with Gasteiger partial charge in [0.05, 0.1) is 4.90 Å². The Balaban J connectivity index is 1.32. The van der Waals surface area contributed by atoms with Crippen LogP contribution in [0.15, 0.2) is 114 Å². The number of sulfone groups is 1. The molecule has 42 heavy (non-hydrogen) atoms. The van der Waals surface area contributed by atoms with Gasteiger partial charge in [-0.15, -0.1) is 0 Å². The molecule has 8 nitrogen and oxygen atoms in total. The SMILES string of the molecule is CS(=O)(=O)c1ccc(-c2nsc(NC(=O)N(CCc3ccccn3)CCC(c3ccccc3)c3ccccc3)n2)cc1. The summed E-state index contributed by atoms with van der Waals surface area (Å²) in [5.41, 5.74) is 3.97. The van der Waals surface area contributed by atoms with Crippen molar-refractivity contribution in [1.29, 1.82) is 0 Å². The van der Waals surface area contributed by atoms with E-state index >= 15 is 0 Å². The van der Waals surface area contributed by atoms with E-state index in [4.69, 9.17) is 0 Å². The van der Waals surface area contributed by atoms with Crippen LogP contribution in [0.25, 0.3) is 11.4 Å². The molecule has 2 amide bonds. The lowest BCUT2D eigenvalue weighted by Crippen LogP contribution is -2.38. The maximum Gasteiger partial charge on any atom is 0.323 e. The summed E-state index contributed by atoms with van der Waals surface area (Å²) in [5.74, 6) is 0.546. The van der Waals surface area contributed by atoms with Crippen molar-refractivity contribution < 1.29 is 13.2 Å². The summed E-state index contributed by atoms with van der Waals surface area (Å²) in [4.78, 5) is 24.5. The topological polar surface area (TPSA) is 105 Å². The van der Waals surface area contributed by atoms with Gasteiger partial charge < -0.3 is 4.90 Å². The van der Waals surface area contributed by atoms with Crippen LogP contribution in [0.3, 0.4) is 0 Å². The number of urea groups is 1. The van der Waals surface area contributed by atoms with E-state index in [-0.39, 0.29) is 16.8 Å². The van der Waals surface area contributed by atoms with Gasteiger partial charge in [-0.2, -0.15) is 9.36 Å². The first-order chi connectivity index (χ1) is 20.4. The summed E-state index contributed by atoms with van der Waals surface area (Å²) in [6, 6.07) is 32.6. The Kier molecular flexibility index (Phi) is 9.35. The van der Waals surface area contributed by atoms with Crippen molar-refractivity contribution in [2.75, 3.05) is 24.7 Å². The number of carbonyl (C=O) groups excluding carboxylic acids is 1. The fourth-order valence-electron chi connectivity index (χ4n) is 4.71. The summed E-state index contributed by atoms with van der Waals surface area (Å²) < 4.78 is 27.9. The van der Waals surface area contributed by atoms with Crippen LogP contribution >= 0.6 is 11.5 Å². The lowest BCUT2D eigenvalue weighted by Gasteiger charge is -2.26. The second-order valence-corrected chi connectivity index (χ2v) is 12.6. The zero-order chi connectivity index (χ0) is 29.4. The van der Waals surface area contributed by atoms with Gasteiger partial charge in [0.15, 0.2) is 15.7 Å². The lowest BCUT2D eigenvalue weighted by atomic mass is 9.88. The van der Waals surface area contributed by atoms with Crippen LogP contribution in [0.4, 0.5) is 9.93 Å². The highest BCUT2D eigenvalue weighted by Gasteiger charge is 2.21. The summed E-state index contributed by atoms with van der Waals surface area (Å²) in [6.45, 7) is 1.00. The third-order valence-electron chi connectivity index (χ3n) is 6.92. The first kappa shape index (κ1) is 29.1. The van der Waals surface area contributed by atoms with Gasteiger partial charge >= 0.3 is 6.03 Å². The van der Waals surface area contributed by atoms with Gasteiger partial charge in [0.25, 0.3) is 0 Å². The van der Waals surface area contributed by atoms with E-state index < -0.39 is 9.84 Å². The molecule has 0 spiro atoms. The minimum Gasteiger partial charge on any atom is -0.324 e. The van der Waals surface area contributed by atoms with Crippen molar-refractivity contribution in [3.8, 4) is 11.4 Å². The van der Waals surface area contributed by atoms with Crippen molar-refractivity contribution in [1.82, 2.24) is 19.2 Å². The van der Waals surface area contributed by atoms with Crippen LogP contribution in [0.1, 0.15) is 29.2 Å². The van der Waals surface area contributed by atoms with Crippen LogP contribution in [0.5, 0.6) is 0 Å². The predicted molar refractivity (Wildman–Crippen MR) is 166 cm³/mol. The monoisotopic (exact) mass is 597 g/mol. The molecular weight excluding hydrogens is 567 g/mol. The highest BCUT2D eigenvalue weighted by Crippen LogP contribution is 2.29. The van der Waals surface area contributed by atoms with Crippen molar-refractivity contribution in [3.05, 3.63) is 126 Å². The maximum absolute atomic E-state index is 13.6. The molecule has 214 valence electrons. The molecule has 1 N–H and O–H groups in total. The maximum atomic E-state index is 13.6.